The molecule has 0 fully saturated rings. The van der Waals surface area contributed by atoms with Gasteiger partial charge in [-0.2, -0.15) is 0 Å². The van der Waals surface area contributed by atoms with Crippen LogP contribution in [0.25, 0.3) is 0 Å². The summed E-state index contributed by atoms with van der Waals surface area (Å²) in [7, 11) is 0. The maximum absolute atomic E-state index is 12.9. The molecule has 6 heteroatoms. The lowest BCUT2D eigenvalue weighted by atomic mass is 10.0. The topological polar surface area (TPSA) is 78.9 Å². The van der Waals surface area contributed by atoms with Crippen LogP contribution in [0.5, 0.6) is 0 Å². The van der Waals surface area contributed by atoms with E-state index in [1.165, 1.54) is 289 Å². The third-order valence-corrected chi connectivity index (χ3v) is 15.7. The van der Waals surface area contributed by atoms with Crippen molar-refractivity contribution in [3.8, 4) is 0 Å². The van der Waals surface area contributed by atoms with Crippen molar-refractivity contribution in [1.29, 1.82) is 0 Å². The minimum absolute atomic E-state index is 0.0662. The van der Waals surface area contributed by atoms with E-state index in [1.807, 2.05) is 0 Å². The van der Waals surface area contributed by atoms with Crippen molar-refractivity contribution in [3.63, 3.8) is 0 Å². The lowest BCUT2D eigenvalue weighted by Gasteiger charge is -2.18. The molecule has 0 radical (unpaired) electrons. The van der Waals surface area contributed by atoms with E-state index in [1.54, 1.807) is 0 Å². The van der Waals surface area contributed by atoms with Crippen LogP contribution < -0.4 is 0 Å². The van der Waals surface area contributed by atoms with Crippen molar-refractivity contribution >= 4 is 17.9 Å². The molecule has 448 valence electrons. The minimum Gasteiger partial charge on any atom is -0.462 e. The highest BCUT2D eigenvalue weighted by atomic mass is 16.6. The Bertz CT molecular complexity index is 1230. The monoisotopic (exact) mass is 1070 g/mol. The molecule has 76 heavy (non-hydrogen) atoms. The Balaban J connectivity index is 3.99. The van der Waals surface area contributed by atoms with E-state index in [4.69, 9.17) is 14.2 Å². The lowest BCUT2D eigenvalue weighted by Crippen LogP contribution is -2.30. The molecule has 0 spiro atoms. The highest BCUT2D eigenvalue weighted by Gasteiger charge is 2.19. The molecule has 0 heterocycles. The zero-order chi connectivity index (χ0) is 55.0. The summed E-state index contributed by atoms with van der Waals surface area (Å²) in [4.78, 5) is 38.1. The molecule has 0 aliphatic heterocycles. The summed E-state index contributed by atoms with van der Waals surface area (Å²) in [5.41, 5.74) is 0. The van der Waals surface area contributed by atoms with Crippen molar-refractivity contribution in [3.05, 3.63) is 24.3 Å². The van der Waals surface area contributed by atoms with Gasteiger partial charge >= 0.3 is 17.9 Å². The van der Waals surface area contributed by atoms with Gasteiger partial charge in [0.15, 0.2) is 6.10 Å². The third kappa shape index (κ3) is 62.7. The van der Waals surface area contributed by atoms with Gasteiger partial charge in [-0.3, -0.25) is 14.4 Å². The van der Waals surface area contributed by atoms with Gasteiger partial charge in [0.05, 0.1) is 0 Å². The second-order valence-electron chi connectivity index (χ2n) is 23.4. The van der Waals surface area contributed by atoms with Crippen molar-refractivity contribution in [2.75, 3.05) is 13.2 Å². The molecule has 0 saturated heterocycles. The van der Waals surface area contributed by atoms with E-state index in [0.29, 0.717) is 19.3 Å². The van der Waals surface area contributed by atoms with Crippen LogP contribution in [0.3, 0.4) is 0 Å². The molecule has 0 bridgehead atoms. The van der Waals surface area contributed by atoms with Crippen LogP contribution in [0.2, 0.25) is 0 Å². The first-order valence-corrected chi connectivity index (χ1v) is 34.3. The molecule has 0 N–H and O–H groups in total. The Labute approximate surface area is 474 Å². The summed E-state index contributed by atoms with van der Waals surface area (Å²) in [5, 5.41) is 0. The number of unbranched alkanes of at least 4 members (excludes halogenated alkanes) is 49. The fourth-order valence-corrected chi connectivity index (χ4v) is 10.5. The summed E-state index contributed by atoms with van der Waals surface area (Å²) in [6.07, 6.45) is 79.6. The lowest BCUT2D eigenvalue weighted by molar-refractivity contribution is -0.167. The maximum atomic E-state index is 12.9. The number of esters is 3. The highest BCUT2D eigenvalue weighted by Crippen LogP contribution is 2.18. The molecule has 0 rings (SSSR count). The fraction of sp³-hybridized carbons (Fsp3) is 0.900. The normalized spacial score (nSPS) is 12.1. The zero-order valence-corrected chi connectivity index (χ0v) is 51.6. The standard InChI is InChI=1S/C70H132O6/c1-4-7-10-13-16-18-20-22-24-26-28-30-32-34-35-37-38-40-42-44-46-48-50-52-54-57-60-63-69(72)75-66-67(65-74-68(71)62-59-56-15-12-9-6-3)76-70(73)64-61-58-55-53-51-49-47-45-43-41-39-36-33-31-29-27-25-23-21-19-17-14-11-8-5-2/h26-29,67H,4-25,30-66H2,1-3H3/b28-26-,29-27-. The predicted molar refractivity (Wildman–Crippen MR) is 330 cm³/mol. The summed E-state index contributed by atoms with van der Waals surface area (Å²) in [5.74, 6) is -0.850. The van der Waals surface area contributed by atoms with Crippen LogP contribution in [0.1, 0.15) is 387 Å². The van der Waals surface area contributed by atoms with Crippen LogP contribution in [-0.2, 0) is 28.6 Å². The average molecular weight is 1070 g/mol. The Morgan fingerprint density at radius 1 is 0.250 bits per heavy atom. The number of hydrogen-bond donors (Lipinski definition) is 0. The molecule has 0 saturated carbocycles. The van der Waals surface area contributed by atoms with Crippen LogP contribution in [0, 0.1) is 0 Å². The third-order valence-electron chi connectivity index (χ3n) is 15.7. The summed E-state index contributed by atoms with van der Waals surface area (Å²) >= 11 is 0. The fourth-order valence-electron chi connectivity index (χ4n) is 10.5. The number of carbonyl (C=O) groups is 3. The molecular formula is C70H132O6. The minimum atomic E-state index is -0.766. The van der Waals surface area contributed by atoms with E-state index in [9.17, 15) is 14.4 Å². The molecule has 6 nitrogen and oxygen atoms in total. The van der Waals surface area contributed by atoms with Crippen molar-refractivity contribution in [2.45, 2.75) is 393 Å². The molecule has 1 unspecified atom stereocenters. The van der Waals surface area contributed by atoms with Gasteiger partial charge in [0.2, 0.25) is 0 Å². The van der Waals surface area contributed by atoms with Crippen LogP contribution in [-0.4, -0.2) is 37.2 Å². The van der Waals surface area contributed by atoms with E-state index in [0.717, 1.165) is 57.8 Å². The van der Waals surface area contributed by atoms with Crippen molar-refractivity contribution in [2.24, 2.45) is 0 Å². The predicted octanol–water partition coefficient (Wildman–Crippen LogP) is 23.4. The molecule has 0 aromatic rings. The molecule has 0 aromatic carbocycles. The summed E-state index contributed by atoms with van der Waals surface area (Å²) in [6.45, 7) is 6.65. The largest absolute Gasteiger partial charge is 0.462 e. The quantitative estimate of drug-likeness (QED) is 0.0261. The average Bonchev–Trinajstić information content (AvgIpc) is 3.42. The van der Waals surface area contributed by atoms with Crippen molar-refractivity contribution < 1.29 is 28.6 Å². The summed E-state index contributed by atoms with van der Waals surface area (Å²) in [6, 6.07) is 0. The van der Waals surface area contributed by atoms with Gasteiger partial charge in [-0.05, 0) is 70.6 Å². The van der Waals surface area contributed by atoms with Crippen molar-refractivity contribution in [1.82, 2.24) is 0 Å². The highest BCUT2D eigenvalue weighted by molar-refractivity contribution is 5.71. The van der Waals surface area contributed by atoms with Gasteiger partial charge in [-0.15, -0.1) is 0 Å². The number of allylic oxidation sites excluding steroid dienone is 4. The first-order chi connectivity index (χ1) is 37.5. The van der Waals surface area contributed by atoms with Crippen LogP contribution >= 0.6 is 0 Å². The van der Waals surface area contributed by atoms with E-state index >= 15 is 0 Å². The number of hydrogen-bond acceptors (Lipinski definition) is 6. The molecule has 0 aliphatic carbocycles. The SMILES string of the molecule is CCCCCCCCCC/C=C\CCCCCCCCCCCCCCCCCC(=O)OCC(COC(=O)CCCCCCCC)OC(=O)CCCCCCCCCCCCCCC/C=C\CCCCCCCCCC. The van der Waals surface area contributed by atoms with Gasteiger partial charge in [0.1, 0.15) is 13.2 Å². The van der Waals surface area contributed by atoms with Crippen LogP contribution in [0.4, 0.5) is 0 Å². The van der Waals surface area contributed by atoms with E-state index in [2.05, 4.69) is 45.1 Å². The van der Waals surface area contributed by atoms with E-state index in [-0.39, 0.29) is 31.1 Å². The number of rotatable bonds is 64. The Hall–Kier alpha value is -2.11. The first kappa shape index (κ1) is 73.9. The van der Waals surface area contributed by atoms with Gasteiger partial charge in [0, 0.05) is 19.3 Å². The Kier molecular flexibility index (Phi) is 63.6. The number of ether oxygens (including phenoxy) is 3. The molecule has 0 aromatic heterocycles. The van der Waals surface area contributed by atoms with Gasteiger partial charge in [0.25, 0.3) is 0 Å². The van der Waals surface area contributed by atoms with Crippen LogP contribution in [0.15, 0.2) is 24.3 Å². The summed E-state index contributed by atoms with van der Waals surface area (Å²) < 4.78 is 16.9. The number of carbonyl (C=O) groups excluding carboxylic acids is 3. The Morgan fingerprint density at radius 2 is 0.434 bits per heavy atom. The maximum Gasteiger partial charge on any atom is 0.306 e. The van der Waals surface area contributed by atoms with E-state index < -0.39 is 6.10 Å². The first-order valence-electron chi connectivity index (χ1n) is 34.3. The second-order valence-corrected chi connectivity index (χ2v) is 23.4. The van der Waals surface area contributed by atoms with Gasteiger partial charge < -0.3 is 14.2 Å². The Morgan fingerprint density at radius 3 is 0.658 bits per heavy atom. The second kappa shape index (κ2) is 65.4. The molecule has 0 amide bonds. The zero-order valence-electron chi connectivity index (χ0n) is 51.6. The van der Waals surface area contributed by atoms with Gasteiger partial charge in [-0.1, -0.05) is 321 Å². The molecule has 1 atom stereocenters. The molecular weight excluding hydrogens is 937 g/mol. The molecule has 0 aliphatic rings. The van der Waals surface area contributed by atoms with Gasteiger partial charge in [-0.25, -0.2) is 0 Å². The smallest absolute Gasteiger partial charge is 0.306 e.